The monoisotopic (exact) mass is 521 g/mol. The first kappa shape index (κ1) is 26.1. The van der Waals surface area contributed by atoms with Crippen LogP contribution in [0.25, 0.3) is 5.76 Å². The second-order valence-corrected chi connectivity index (χ2v) is 9.67. The molecular weight excluding hydrogens is 494 g/mol. The van der Waals surface area contributed by atoms with Gasteiger partial charge in [0.15, 0.2) is 0 Å². The first-order valence-corrected chi connectivity index (χ1v) is 12.2. The summed E-state index contributed by atoms with van der Waals surface area (Å²) in [6.45, 7) is 6.49. The summed E-state index contributed by atoms with van der Waals surface area (Å²) in [5.41, 5.74) is 1.95. The lowest BCUT2D eigenvalue weighted by atomic mass is 9.94. The maximum absolute atomic E-state index is 13.4. The van der Waals surface area contributed by atoms with E-state index in [2.05, 4.69) is 0 Å². The van der Waals surface area contributed by atoms with Gasteiger partial charge in [0.1, 0.15) is 23.0 Å². The highest BCUT2D eigenvalue weighted by molar-refractivity contribution is 6.51. The van der Waals surface area contributed by atoms with Crippen LogP contribution in [-0.4, -0.2) is 35.6 Å². The Balaban J connectivity index is 1.86. The smallest absolute Gasteiger partial charge is 0.300 e. The number of benzene rings is 3. The molecule has 1 aliphatic heterocycles. The fourth-order valence-corrected chi connectivity index (χ4v) is 4.41. The Morgan fingerprint density at radius 1 is 1.05 bits per heavy atom. The van der Waals surface area contributed by atoms with E-state index in [-0.39, 0.29) is 22.1 Å². The molecule has 192 valence electrons. The summed E-state index contributed by atoms with van der Waals surface area (Å²) in [4.78, 5) is 28.0. The highest BCUT2D eigenvalue weighted by Gasteiger charge is 2.47. The third-order valence-corrected chi connectivity index (χ3v) is 6.41. The molecule has 1 atom stereocenters. The summed E-state index contributed by atoms with van der Waals surface area (Å²) >= 11 is 6.19. The summed E-state index contributed by atoms with van der Waals surface area (Å²) in [6.07, 6.45) is 0. The molecule has 37 heavy (non-hydrogen) atoms. The minimum Gasteiger partial charge on any atom is -0.507 e. The number of aromatic hydroxyl groups is 1. The fraction of sp³-hybridized carbons (Fsp3) is 0.241. The topological polar surface area (TPSA) is 96.3 Å². The number of hydrogen-bond acceptors (Lipinski definition) is 6. The van der Waals surface area contributed by atoms with Crippen LogP contribution in [0.2, 0.25) is 5.02 Å². The molecule has 0 aliphatic carbocycles. The second-order valence-electron chi connectivity index (χ2n) is 9.26. The van der Waals surface area contributed by atoms with Crippen LogP contribution in [0.1, 0.15) is 36.6 Å². The lowest BCUT2D eigenvalue weighted by Crippen LogP contribution is -2.29. The van der Waals surface area contributed by atoms with Gasteiger partial charge in [0.2, 0.25) is 0 Å². The van der Waals surface area contributed by atoms with Crippen LogP contribution in [0.4, 0.5) is 5.69 Å². The van der Waals surface area contributed by atoms with E-state index in [1.54, 1.807) is 48.5 Å². The fourth-order valence-electron chi connectivity index (χ4n) is 4.22. The number of rotatable bonds is 7. The number of phenols is 1. The van der Waals surface area contributed by atoms with Gasteiger partial charge in [0.05, 0.1) is 30.4 Å². The molecule has 8 heteroatoms. The molecule has 1 aliphatic rings. The molecule has 1 unspecified atom stereocenters. The van der Waals surface area contributed by atoms with Crippen LogP contribution >= 0.6 is 11.6 Å². The average Bonchev–Trinajstić information content (AvgIpc) is 3.14. The van der Waals surface area contributed by atoms with Gasteiger partial charge in [0, 0.05) is 11.3 Å². The molecule has 1 fully saturated rings. The van der Waals surface area contributed by atoms with Gasteiger partial charge in [-0.15, -0.1) is 0 Å². The standard InChI is InChI=1S/C29H28ClNO6/c1-16(2)15-37-24-12-6-19(13-17(24)3)27(33)25-26(18-5-11-23(32)22(30)14-18)31(29(35)28(25)34)20-7-9-21(36-4)10-8-20/h5-14,16,26,32-33H,15H2,1-4H3/b27-25-. The molecule has 0 saturated carbocycles. The van der Waals surface area contributed by atoms with Crippen molar-refractivity contribution in [1.82, 2.24) is 0 Å². The molecule has 1 amide bonds. The van der Waals surface area contributed by atoms with Crippen LogP contribution < -0.4 is 14.4 Å². The summed E-state index contributed by atoms with van der Waals surface area (Å²) in [5, 5.41) is 21.4. The van der Waals surface area contributed by atoms with Gasteiger partial charge < -0.3 is 19.7 Å². The predicted molar refractivity (Wildman–Crippen MR) is 142 cm³/mol. The number of phenolic OH excluding ortho intramolecular Hbond substituents is 1. The minimum atomic E-state index is -0.983. The van der Waals surface area contributed by atoms with Crippen molar-refractivity contribution in [3.63, 3.8) is 0 Å². The van der Waals surface area contributed by atoms with Crippen LogP contribution in [0, 0.1) is 12.8 Å². The van der Waals surface area contributed by atoms with E-state index in [0.29, 0.717) is 40.8 Å². The van der Waals surface area contributed by atoms with Crippen molar-refractivity contribution in [1.29, 1.82) is 0 Å². The quantitative estimate of drug-likeness (QED) is 0.224. The van der Waals surface area contributed by atoms with Crippen molar-refractivity contribution < 1.29 is 29.3 Å². The number of anilines is 1. The molecule has 1 heterocycles. The van der Waals surface area contributed by atoms with E-state index in [1.807, 2.05) is 20.8 Å². The van der Waals surface area contributed by atoms with Crippen molar-refractivity contribution in [3.05, 3.63) is 87.9 Å². The first-order valence-electron chi connectivity index (χ1n) is 11.8. The maximum atomic E-state index is 13.4. The zero-order valence-corrected chi connectivity index (χ0v) is 21.7. The third kappa shape index (κ3) is 5.13. The largest absolute Gasteiger partial charge is 0.507 e. The van der Waals surface area contributed by atoms with Gasteiger partial charge in [-0.25, -0.2) is 0 Å². The highest BCUT2D eigenvalue weighted by atomic mass is 35.5. The number of aryl methyl sites for hydroxylation is 1. The third-order valence-electron chi connectivity index (χ3n) is 6.10. The highest BCUT2D eigenvalue weighted by Crippen LogP contribution is 2.44. The van der Waals surface area contributed by atoms with Gasteiger partial charge in [0.25, 0.3) is 11.7 Å². The number of Topliss-reactive ketones (excluding diaryl/α,β-unsaturated/α-hetero) is 1. The molecule has 3 aromatic rings. The number of carbonyl (C=O) groups excluding carboxylic acids is 2. The number of nitrogens with zero attached hydrogens (tertiary/aromatic N) is 1. The van der Waals surface area contributed by atoms with E-state index in [0.717, 1.165) is 5.56 Å². The lowest BCUT2D eigenvalue weighted by molar-refractivity contribution is -0.132. The molecule has 7 nitrogen and oxygen atoms in total. The number of carbonyl (C=O) groups is 2. The Morgan fingerprint density at radius 3 is 2.35 bits per heavy atom. The Labute approximate surface area is 220 Å². The Kier molecular flexibility index (Phi) is 7.45. The number of hydrogen-bond donors (Lipinski definition) is 2. The maximum Gasteiger partial charge on any atom is 0.300 e. The van der Waals surface area contributed by atoms with E-state index in [9.17, 15) is 19.8 Å². The number of halogens is 1. The number of ketones is 1. The molecule has 0 spiro atoms. The van der Waals surface area contributed by atoms with Crippen molar-refractivity contribution in [3.8, 4) is 17.2 Å². The first-order chi connectivity index (χ1) is 17.6. The van der Waals surface area contributed by atoms with Gasteiger partial charge in [-0.05, 0) is 78.6 Å². The molecule has 0 aromatic heterocycles. The van der Waals surface area contributed by atoms with Crippen molar-refractivity contribution in [2.75, 3.05) is 18.6 Å². The SMILES string of the molecule is COc1ccc(N2C(=O)C(=O)/C(=C(\O)c3ccc(OCC(C)C)c(C)c3)C2c2ccc(O)c(Cl)c2)cc1. The van der Waals surface area contributed by atoms with Gasteiger partial charge in [-0.3, -0.25) is 14.5 Å². The van der Waals surface area contributed by atoms with Crippen molar-refractivity contribution >= 4 is 34.7 Å². The zero-order chi connectivity index (χ0) is 26.9. The van der Waals surface area contributed by atoms with Crippen molar-refractivity contribution in [2.24, 2.45) is 5.92 Å². The second kappa shape index (κ2) is 10.6. The van der Waals surface area contributed by atoms with Gasteiger partial charge in [-0.2, -0.15) is 0 Å². The Hall–Kier alpha value is -3.97. The lowest BCUT2D eigenvalue weighted by Gasteiger charge is -2.26. The number of aliphatic hydroxyl groups is 1. The van der Waals surface area contributed by atoms with Crippen LogP contribution in [0.5, 0.6) is 17.2 Å². The molecule has 3 aromatic carbocycles. The summed E-state index contributed by atoms with van der Waals surface area (Å²) in [7, 11) is 1.53. The molecule has 1 saturated heterocycles. The van der Waals surface area contributed by atoms with Crippen LogP contribution in [0.3, 0.4) is 0 Å². The molecule has 0 bridgehead atoms. The van der Waals surface area contributed by atoms with Gasteiger partial charge in [-0.1, -0.05) is 31.5 Å². The Morgan fingerprint density at radius 2 is 1.76 bits per heavy atom. The Bertz CT molecular complexity index is 1380. The van der Waals surface area contributed by atoms with Crippen molar-refractivity contribution in [2.45, 2.75) is 26.8 Å². The molecule has 2 N–H and O–H groups in total. The molecular formula is C29H28ClNO6. The molecule has 0 radical (unpaired) electrons. The van der Waals surface area contributed by atoms with E-state index >= 15 is 0 Å². The number of amides is 1. The predicted octanol–water partition coefficient (Wildman–Crippen LogP) is 6.02. The number of aliphatic hydroxyl groups excluding tert-OH is 1. The molecule has 4 rings (SSSR count). The average molecular weight is 522 g/mol. The van der Waals surface area contributed by atoms with E-state index < -0.39 is 17.7 Å². The number of methoxy groups -OCH3 is 1. The normalized spacial score (nSPS) is 16.9. The van der Waals surface area contributed by atoms with Gasteiger partial charge >= 0.3 is 0 Å². The minimum absolute atomic E-state index is 0.0558. The van der Waals surface area contributed by atoms with E-state index in [4.69, 9.17) is 21.1 Å². The van der Waals surface area contributed by atoms with E-state index in [1.165, 1.54) is 24.1 Å². The van der Waals surface area contributed by atoms with Crippen LogP contribution in [-0.2, 0) is 9.59 Å². The van der Waals surface area contributed by atoms with Crippen LogP contribution in [0.15, 0.2) is 66.2 Å². The summed E-state index contributed by atoms with van der Waals surface area (Å²) in [6, 6.07) is 15.2. The number of ether oxygens (including phenoxy) is 2. The summed E-state index contributed by atoms with van der Waals surface area (Å²) in [5.74, 6) is -0.486. The zero-order valence-electron chi connectivity index (χ0n) is 21.0. The summed E-state index contributed by atoms with van der Waals surface area (Å²) < 4.78 is 11.0.